The lowest BCUT2D eigenvalue weighted by molar-refractivity contribution is 0.568. The van der Waals surface area contributed by atoms with Crippen molar-refractivity contribution < 1.29 is 0 Å². The molecular weight excluding hydrogens is 212 g/mol. The van der Waals surface area contributed by atoms with Crippen LogP contribution in [0.15, 0.2) is 6.20 Å². The van der Waals surface area contributed by atoms with Crippen LogP contribution in [-0.2, 0) is 6.54 Å². The monoisotopic (exact) mass is 234 g/mol. The van der Waals surface area contributed by atoms with Crippen molar-refractivity contribution >= 4 is 5.82 Å². The molecule has 1 fully saturated rings. The van der Waals surface area contributed by atoms with Crippen molar-refractivity contribution in [3.63, 3.8) is 0 Å². The quantitative estimate of drug-likeness (QED) is 0.861. The van der Waals surface area contributed by atoms with Crippen LogP contribution >= 0.6 is 0 Å². The summed E-state index contributed by atoms with van der Waals surface area (Å²) in [6.07, 6.45) is 4.51. The Kier molecular flexibility index (Phi) is 3.94. The molecule has 1 aliphatic heterocycles. The fourth-order valence-electron chi connectivity index (χ4n) is 2.43. The smallest absolute Gasteiger partial charge is 0.136 e. The average Bonchev–Trinajstić information content (AvgIpc) is 2.80. The summed E-state index contributed by atoms with van der Waals surface area (Å²) >= 11 is 0. The summed E-state index contributed by atoms with van der Waals surface area (Å²) in [6.45, 7) is 7.34. The lowest BCUT2D eigenvalue weighted by Crippen LogP contribution is -2.24. The molecule has 2 rings (SSSR count). The zero-order valence-electron chi connectivity index (χ0n) is 11.0. The van der Waals surface area contributed by atoms with Crippen molar-refractivity contribution in [3.8, 4) is 0 Å². The Morgan fingerprint density at radius 2 is 2.35 bits per heavy atom. The molecule has 1 saturated heterocycles. The Bertz CT molecular complexity index is 378. The Morgan fingerprint density at radius 1 is 1.53 bits per heavy atom. The van der Waals surface area contributed by atoms with E-state index < -0.39 is 0 Å². The van der Waals surface area contributed by atoms with E-state index in [0.29, 0.717) is 0 Å². The Labute approximate surface area is 103 Å². The molecule has 4 nitrogen and oxygen atoms in total. The lowest BCUT2D eigenvalue weighted by atomic mass is 10.1. The van der Waals surface area contributed by atoms with Gasteiger partial charge in [-0.25, -0.2) is 9.97 Å². The molecular formula is C13H22N4. The molecule has 0 saturated carbocycles. The number of nitrogens with zero attached hydrogens (tertiary/aromatic N) is 3. The van der Waals surface area contributed by atoms with Crippen molar-refractivity contribution in [2.45, 2.75) is 33.2 Å². The summed E-state index contributed by atoms with van der Waals surface area (Å²) in [5, 5.41) is 3.19. The molecule has 1 atom stereocenters. The van der Waals surface area contributed by atoms with Crippen molar-refractivity contribution in [1.29, 1.82) is 0 Å². The van der Waals surface area contributed by atoms with Crippen molar-refractivity contribution in [3.05, 3.63) is 17.6 Å². The first-order valence-electron chi connectivity index (χ1n) is 6.46. The van der Waals surface area contributed by atoms with Gasteiger partial charge in [0.05, 0.1) is 0 Å². The normalized spacial score (nSPS) is 19.9. The highest BCUT2D eigenvalue weighted by molar-refractivity contribution is 5.47. The van der Waals surface area contributed by atoms with E-state index >= 15 is 0 Å². The lowest BCUT2D eigenvalue weighted by Gasteiger charge is -2.20. The van der Waals surface area contributed by atoms with E-state index in [1.165, 1.54) is 18.4 Å². The highest BCUT2D eigenvalue weighted by Gasteiger charge is 2.23. The summed E-state index contributed by atoms with van der Waals surface area (Å²) < 4.78 is 0. The number of hydrogen-bond acceptors (Lipinski definition) is 4. The van der Waals surface area contributed by atoms with Crippen LogP contribution in [0, 0.1) is 12.8 Å². The average molecular weight is 234 g/mol. The molecule has 0 bridgehead atoms. The highest BCUT2D eigenvalue weighted by atomic mass is 15.2. The van der Waals surface area contributed by atoms with Gasteiger partial charge in [0.1, 0.15) is 11.6 Å². The molecule has 1 aliphatic rings. The molecule has 0 radical (unpaired) electrons. The standard InChI is InChI=1S/C13H22N4/c1-4-11-5-6-17(9-11)13-12(7-14-3)8-15-10(2)16-13/h8,11,14H,4-7,9H2,1-3H3. The highest BCUT2D eigenvalue weighted by Crippen LogP contribution is 2.26. The topological polar surface area (TPSA) is 41.1 Å². The maximum Gasteiger partial charge on any atom is 0.136 e. The Morgan fingerprint density at radius 3 is 3.00 bits per heavy atom. The van der Waals surface area contributed by atoms with Gasteiger partial charge in [0.2, 0.25) is 0 Å². The van der Waals surface area contributed by atoms with E-state index in [9.17, 15) is 0 Å². The van der Waals surface area contributed by atoms with E-state index in [0.717, 1.165) is 37.2 Å². The molecule has 0 amide bonds. The summed E-state index contributed by atoms with van der Waals surface area (Å²) in [6, 6.07) is 0. The predicted molar refractivity (Wildman–Crippen MR) is 70.1 cm³/mol. The molecule has 94 valence electrons. The van der Waals surface area contributed by atoms with Gasteiger partial charge in [-0.2, -0.15) is 0 Å². The number of anilines is 1. The van der Waals surface area contributed by atoms with Gasteiger partial charge in [-0.1, -0.05) is 13.3 Å². The summed E-state index contributed by atoms with van der Waals surface area (Å²) in [5.74, 6) is 2.82. The fraction of sp³-hybridized carbons (Fsp3) is 0.692. The van der Waals surface area contributed by atoms with E-state index in [2.05, 4.69) is 27.1 Å². The summed E-state index contributed by atoms with van der Waals surface area (Å²) in [5.41, 5.74) is 1.20. The number of rotatable bonds is 4. The van der Waals surface area contributed by atoms with Crippen molar-refractivity contribution in [2.24, 2.45) is 5.92 Å². The SMILES string of the molecule is CCC1CCN(c2nc(C)ncc2CNC)C1. The van der Waals surface area contributed by atoms with Crippen LogP contribution < -0.4 is 10.2 Å². The second kappa shape index (κ2) is 5.45. The van der Waals surface area contributed by atoms with Gasteiger partial charge < -0.3 is 10.2 Å². The second-order valence-electron chi connectivity index (χ2n) is 4.81. The molecule has 1 aromatic rings. The van der Waals surface area contributed by atoms with Gasteiger partial charge in [-0.05, 0) is 26.3 Å². The van der Waals surface area contributed by atoms with Crippen molar-refractivity contribution in [2.75, 3.05) is 25.0 Å². The Balaban J connectivity index is 2.21. The molecule has 17 heavy (non-hydrogen) atoms. The van der Waals surface area contributed by atoms with Gasteiger partial charge in [-0.3, -0.25) is 0 Å². The molecule has 1 unspecified atom stereocenters. The number of hydrogen-bond donors (Lipinski definition) is 1. The Hall–Kier alpha value is -1.16. The van der Waals surface area contributed by atoms with Gasteiger partial charge in [0.15, 0.2) is 0 Å². The van der Waals surface area contributed by atoms with Gasteiger partial charge >= 0.3 is 0 Å². The molecule has 0 aromatic carbocycles. The van der Waals surface area contributed by atoms with Crippen LogP contribution in [0.5, 0.6) is 0 Å². The zero-order chi connectivity index (χ0) is 12.3. The van der Waals surface area contributed by atoms with Crippen LogP contribution in [-0.4, -0.2) is 30.1 Å². The predicted octanol–water partition coefficient (Wildman–Crippen LogP) is 1.74. The van der Waals surface area contributed by atoms with E-state index in [1.54, 1.807) is 0 Å². The fourth-order valence-corrected chi connectivity index (χ4v) is 2.43. The van der Waals surface area contributed by atoms with Crippen LogP contribution in [0.2, 0.25) is 0 Å². The third-order valence-electron chi connectivity index (χ3n) is 3.49. The van der Waals surface area contributed by atoms with Crippen molar-refractivity contribution in [1.82, 2.24) is 15.3 Å². The minimum Gasteiger partial charge on any atom is -0.356 e. The van der Waals surface area contributed by atoms with Crippen LogP contribution in [0.1, 0.15) is 31.2 Å². The summed E-state index contributed by atoms with van der Waals surface area (Å²) in [7, 11) is 1.96. The molecule has 1 aromatic heterocycles. The third kappa shape index (κ3) is 2.75. The maximum atomic E-state index is 4.62. The molecule has 2 heterocycles. The van der Waals surface area contributed by atoms with Gasteiger partial charge in [0.25, 0.3) is 0 Å². The first-order valence-corrected chi connectivity index (χ1v) is 6.46. The largest absolute Gasteiger partial charge is 0.356 e. The first-order chi connectivity index (χ1) is 8.24. The number of aromatic nitrogens is 2. The van der Waals surface area contributed by atoms with Crippen LogP contribution in [0.25, 0.3) is 0 Å². The molecule has 0 aliphatic carbocycles. The van der Waals surface area contributed by atoms with Crippen LogP contribution in [0.4, 0.5) is 5.82 Å². The third-order valence-corrected chi connectivity index (χ3v) is 3.49. The van der Waals surface area contributed by atoms with Gasteiger partial charge in [-0.15, -0.1) is 0 Å². The van der Waals surface area contributed by atoms with E-state index in [4.69, 9.17) is 0 Å². The molecule has 4 heteroatoms. The van der Waals surface area contributed by atoms with Gasteiger partial charge in [0, 0.05) is 31.4 Å². The van der Waals surface area contributed by atoms with E-state index in [1.807, 2.05) is 20.2 Å². The minimum absolute atomic E-state index is 0.827. The number of aryl methyl sites for hydroxylation is 1. The first kappa shape index (κ1) is 12.3. The zero-order valence-corrected chi connectivity index (χ0v) is 11.0. The van der Waals surface area contributed by atoms with Crippen LogP contribution in [0.3, 0.4) is 0 Å². The minimum atomic E-state index is 0.827. The molecule has 0 spiro atoms. The number of nitrogens with one attached hydrogen (secondary N) is 1. The molecule has 1 N–H and O–H groups in total. The van der Waals surface area contributed by atoms with E-state index in [-0.39, 0.29) is 0 Å². The summed E-state index contributed by atoms with van der Waals surface area (Å²) in [4.78, 5) is 11.3. The maximum absolute atomic E-state index is 4.62. The second-order valence-corrected chi connectivity index (χ2v) is 4.81.